The summed E-state index contributed by atoms with van der Waals surface area (Å²) in [5, 5.41) is 8.38. The summed E-state index contributed by atoms with van der Waals surface area (Å²) in [7, 11) is 0. The molecule has 0 aromatic heterocycles. The van der Waals surface area contributed by atoms with Crippen LogP contribution in [0.3, 0.4) is 0 Å². The van der Waals surface area contributed by atoms with Gasteiger partial charge in [0.1, 0.15) is 5.82 Å². The van der Waals surface area contributed by atoms with Gasteiger partial charge in [-0.2, -0.15) is 0 Å². The molecule has 1 N–H and O–H groups in total. The molecular formula is C9H8BrFO2S. The molecule has 0 bridgehead atoms. The van der Waals surface area contributed by atoms with E-state index in [9.17, 15) is 9.18 Å². The Kier molecular flexibility index (Phi) is 4.41. The van der Waals surface area contributed by atoms with Gasteiger partial charge in [0.05, 0.1) is 5.75 Å². The van der Waals surface area contributed by atoms with Crippen LogP contribution in [-0.4, -0.2) is 16.8 Å². The molecule has 14 heavy (non-hydrogen) atoms. The fourth-order valence-corrected chi connectivity index (χ4v) is 1.95. The predicted octanol–water partition coefficient (Wildman–Crippen LogP) is 2.91. The molecule has 0 heterocycles. The van der Waals surface area contributed by atoms with Crippen LogP contribution in [0.4, 0.5) is 4.39 Å². The minimum atomic E-state index is -0.882. The Morgan fingerprint density at radius 3 is 2.86 bits per heavy atom. The highest BCUT2D eigenvalue weighted by atomic mass is 79.9. The van der Waals surface area contributed by atoms with E-state index >= 15 is 0 Å². The van der Waals surface area contributed by atoms with Crippen molar-refractivity contribution in [3.8, 4) is 0 Å². The fourth-order valence-electron chi connectivity index (χ4n) is 0.887. The van der Waals surface area contributed by atoms with E-state index in [2.05, 4.69) is 15.9 Å². The molecule has 0 amide bonds. The molecule has 0 saturated carbocycles. The van der Waals surface area contributed by atoms with Gasteiger partial charge >= 0.3 is 5.97 Å². The summed E-state index contributed by atoms with van der Waals surface area (Å²) in [6, 6.07) is 4.75. The zero-order valence-electron chi connectivity index (χ0n) is 7.17. The number of carboxylic acids is 1. The summed E-state index contributed by atoms with van der Waals surface area (Å²) in [5.41, 5.74) is 0.527. The molecule has 0 fully saturated rings. The van der Waals surface area contributed by atoms with E-state index < -0.39 is 5.97 Å². The predicted molar refractivity (Wildman–Crippen MR) is 57.9 cm³/mol. The Morgan fingerprint density at radius 1 is 1.57 bits per heavy atom. The summed E-state index contributed by atoms with van der Waals surface area (Å²) in [6.45, 7) is 0. The molecule has 0 spiro atoms. The largest absolute Gasteiger partial charge is 0.481 e. The third kappa shape index (κ3) is 3.67. The highest BCUT2D eigenvalue weighted by molar-refractivity contribution is 9.10. The Morgan fingerprint density at radius 2 is 2.29 bits per heavy atom. The normalized spacial score (nSPS) is 10.1. The van der Waals surface area contributed by atoms with Crippen LogP contribution in [0.15, 0.2) is 22.7 Å². The highest BCUT2D eigenvalue weighted by Crippen LogP contribution is 2.19. The summed E-state index contributed by atoms with van der Waals surface area (Å²) in [5.74, 6) is -0.814. The van der Waals surface area contributed by atoms with Crippen LogP contribution in [-0.2, 0) is 10.5 Å². The van der Waals surface area contributed by atoms with E-state index in [4.69, 9.17) is 5.11 Å². The van der Waals surface area contributed by atoms with Gasteiger partial charge in [-0.1, -0.05) is 22.0 Å². The zero-order valence-corrected chi connectivity index (χ0v) is 9.57. The van der Waals surface area contributed by atoms with Crippen molar-refractivity contribution in [2.24, 2.45) is 0 Å². The maximum Gasteiger partial charge on any atom is 0.313 e. The molecule has 5 heteroatoms. The van der Waals surface area contributed by atoms with Crippen molar-refractivity contribution in [1.82, 2.24) is 0 Å². The second-order valence-corrected chi connectivity index (χ2v) is 4.52. The van der Waals surface area contributed by atoms with Crippen molar-refractivity contribution >= 4 is 33.7 Å². The van der Waals surface area contributed by atoms with Crippen LogP contribution in [0.2, 0.25) is 0 Å². The molecule has 0 saturated heterocycles. The number of aliphatic carboxylic acids is 1. The van der Waals surface area contributed by atoms with Gasteiger partial charge in [-0.05, 0) is 17.7 Å². The third-order valence-electron chi connectivity index (χ3n) is 1.50. The first-order chi connectivity index (χ1) is 6.59. The Balaban J connectivity index is 2.55. The van der Waals surface area contributed by atoms with Gasteiger partial charge in [0, 0.05) is 10.2 Å². The molecule has 0 aliphatic heterocycles. The fraction of sp³-hybridized carbons (Fsp3) is 0.222. The van der Waals surface area contributed by atoms with Gasteiger partial charge in [0.2, 0.25) is 0 Å². The lowest BCUT2D eigenvalue weighted by molar-refractivity contribution is -0.133. The second kappa shape index (κ2) is 5.36. The van der Waals surface area contributed by atoms with Gasteiger partial charge in [-0.25, -0.2) is 4.39 Å². The number of rotatable bonds is 4. The van der Waals surface area contributed by atoms with Gasteiger partial charge in [0.15, 0.2) is 0 Å². The number of benzene rings is 1. The molecule has 76 valence electrons. The molecule has 0 radical (unpaired) electrons. The molecule has 0 atom stereocenters. The first-order valence-electron chi connectivity index (χ1n) is 3.83. The third-order valence-corrected chi connectivity index (χ3v) is 2.96. The minimum absolute atomic E-state index is 0.00446. The van der Waals surface area contributed by atoms with Crippen LogP contribution < -0.4 is 0 Å². The van der Waals surface area contributed by atoms with Crippen LogP contribution >= 0.6 is 27.7 Å². The molecule has 1 aromatic rings. The molecule has 0 aliphatic rings. The van der Waals surface area contributed by atoms with Crippen LogP contribution in [0.25, 0.3) is 0 Å². The Labute approximate surface area is 93.6 Å². The monoisotopic (exact) mass is 278 g/mol. The second-order valence-electron chi connectivity index (χ2n) is 2.62. The number of carbonyl (C=O) groups is 1. The summed E-state index contributed by atoms with van der Waals surface area (Å²) >= 11 is 4.33. The smallest absolute Gasteiger partial charge is 0.313 e. The van der Waals surface area contributed by atoms with E-state index in [1.54, 1.807) is 12.1 Å². The van der Waals surface area contributed by atoms with E-state index in [0.29, 0.717) is 15.8 Å². The summed E-state index contributed by atoms with van der Waals surface area (Å²) in [6.07, 6.45) is 0. The summed E-state index contributed by atoms with van der Waals surface area (Å²) < 4.78 is 13.9. The van der Waals surface area contributed by atoms with E-state index in [1.807, 2.05) is 0 Å². The number of halogens is 2. The van der Waals surface area contributed by atoms with Crippen molar-refractivity contribution in [3.63, 3.8) is 0 Å². The molecule has 0 unspecified atom stereocenters. The van der Waals surface area contributed by atoms with Crippen LogP contribution in [0.5, 0.6) is 0 Å². The van der Waals surface area contributed by atoms with Crippen molar-refractivity contribution < 1.29 is 14.3 Å². The molecule has 0 aliphatic carbocycles. The standard InChI is InChI=1S/C9H8BrFO2S/c10-7-2-1-6(8(11)3-7)4-14-5-9(12)13/h1-3H,4-5H2,(H,12,13). The average molecular weight is 279 g/mol. The van der Waals surface area contributed by atoms with Crippen molar-refractivity contribution in [2.45, 2.75) is 5.75 Å². The number of thioether (sulfide) groups is 1. The van der Waals surface area contributed by atoms with E-state index in [1.165, 1.54) is 17.8 Å². The average Bonchev–Trinajstić information content (AvgIpc) is 2.08. The number of hydrogen-bond donors (Lipinski definition) is 1. The SMILES string of the molecule is O=C(O)CSCc1ccc(Br)cc1F. The van der Waals surface area contributed by atoms with E-state index in [-0.39, 0.29) is 11.6 Å². The highest BCUT2D eigenvalue weighted by Gasteiger charge is 2.04. The van der Waals surface area contributed by atoms with Crippen LogP contribution in [0, 0.1) is 5.82 Å². The first kappa shape index (κ1) is 11.5. The van der Waals surface area contributed by atoms with Gasteiger partial charge < -0.3 is 5.11 Å². The summed E-state index contributed by atoms with van der Waals surface area (Å²) in [4.78, 5) is 10.2. The number of carboxylic acid groups (broad SMARTS) is 1. The lowest BCUT2D eigenvalue weighted by atomic mass is 10.2. The lowest BCUT2D eigenvalue weighted by Gasteiger charge is -2.01. The maximum atomic E-state index is 13.2. The zero-order chi connectivity index (χ0) is 10.6. The van der Waals surface area contributed by atoms with Crippen molar-refractivity contribution in [2.75, 3.05) is 5.75 Å². The Bertz CT molecular complexity index is 344. The molecule has 2 nitrogen and oxygen atoms in total. The molecular weight excluding hydrogens is 271 g/mol. The van der Waals surface area contributed by atoms with Gasteiger partial charge in [-0.3, -0.25) is 4.79 Å². The van der Waals surface area contributed by atoms with Gasteiger partial charge in [0.25, 0.3) is 0 Å². The van der Waals surface area contributed by atoms with Crippen LogP contribution in [0.1, 0.15) is 5.56 Å². The first-order valence-corrected chi connectivity index (χ1v) is 5.78. The maximum absolute atomic E-state index is 13.2. The Hall–Kier alpha value is -0.550. The van der Waals surface area contributed by atoms with E-state index in [0.717, 1.165) is 0 Å². The molecule has 1 aromatic carbocycles. The van der Waals surface area contributed by atoms with Crippen molar-refractivity contribution in [3.05, 3.63) is 34.1 Å². The topological polar surface area (TPSA) is 37.3 Å². The lowest BCUT2D eigenvalue weighted by Crippen LogP contribution is -1.98. The minimum Gasteiger partial charge on any atom is -0.481 e. The van der Waals surface area contributed by atoms with Crippen molar-refractivity contribution in [1.29, 1.82) is 0 Å². The molecule has 1 rings (SSSR count). The number of hydrogen-bond acceptors (Lipinski definition) is 2. The van der Waals surface area contributed by atoms with Gasteiger partial charge in [-0.15, -0.1) is 11.8 Å². The quantitative estimate of drug-likeness (QED) is 0.920.